The molecule has 0 saturated heterocycles. The molecule has 16 heavy (non-hydrogen) atoms. The number of nitrogens with two attached hydrogens (primary N) is 1. The zero-order valence-electron chi connectivity index (χ0n) is 7.90. The van der Waals surface area contributed by atoms with E-state index in [9.17, 15) is 21.6 Å². The van der Waals surface area contributed by atoms with Crippen LogP contribution in [0.15, 0.2) is 24.3 Å². The molecule has 1 aromatic carbocycles. The van der Waals surface area contributed by atoms with E-state index in [2.05, 4.69) is 0 Å². The van der Waals surface area contributed by atoms with E-state index in [1.807, 2.05) is 0 Å². The second-order valence-corrected chi connectivity index (χ2v) is 4.73. The molecule has 1 aromatic rings. The molecule has 0 aliphatic rings. The third kappa shape index (κ3) is 2.75. The zero-order chi connectivity index (χ0) is 12.4. The maximum Gasteiger partial charge on any atom is 0.501 e. The summed E-state index contributed by atoms with van der Waals surface area (Å²) in [5.41, 5.74) is -0.109. The number of rotatable bonds is 1. The molecule has 0 radical (unpaired) electrons. The maximum absolute atomic E-state index is 12.0. The first kappa shape index (κ1) is 12.6. The fourth-order valence-corrected chi connectivity index (χ4v) is 1.58. The number of hydrogen-bond donors (Lipinski definition) is 1. The average Bonchev–Trinajstić information content (AvgIpc) is 2.16. The molecule has 0 aliphatic carbocycles. The predicted octanol–water partition coefficient (Wildman–Crippen LogP) is 0.0559. The summed E-state index contributed by atoms with van der Waals surface area (Å²) in [5.74, 6) is 0. The molecule has 3 nitrogen and oxygen atoms in total. The number of hydrogen-bond acceptors (Lipinski definition) is 3. The Morgan fingerprint density at radius 1 is 1.06 bits per heavy atom. The highest BCUT2D eigenvalue weighted by molar-refractivity contribution is 7.99. The highest BCUT2D eigenvalue weighted by Gasteiger charge is 2.43. The van der Waals surface area contributed by atoms with Crippen LogP contribution in [0, 0.1) is 0 Å². The van der Waals surface area contributed by atoms with Gasteiger partial charge in [-0.05, 0) is 10.4 Å². The van der Waals surface area contributed by atoms with Crippen molar-refractivity contribution in [1.82, 2.24) is 0 Å². The van der Waals surface area contributed by atoms with Gasteiger partial charge >= 0.3 is 5.51 Å². The van der Waals surface area contributed by atoms with Gasteiger partial charge in [0, 0.05) is 11.6 Å². The first-order chi connectivity index (χ1) is 7.26. The standard InChI is InChI=1S/C9H8F3NO2S/c10-9(11,12)16(14,15)6-8-3-1-7(5-13)2-4-8/h1-6H,13H2. The van der Waals surface area contributed by atoms with Crippen LogP contribution in [0.5, 0.6) is 0 Å². The Kier molecular flexibility index (Phi) is 3.27. The topological polar surface area (TPSA) is 60.2 Å². The van der Waals surface area contributed by atoms with Gasteiger partial charge in [-0.15, -0.1) is 0 Å². The van der Waals surface area contributed by atoms with Crippen LogP contribution in [0.25, 0.3) is 11.6 Å². The van der Waals surface area contributed by atoms with Gasteiger partial charge in [0.2, 0.25) is 0 Å². The van der Waals surface area contributed by atoms with Crippen molar-refractivity contribution in [2.24, 2.45) is 5.73 Å². The Morgan fingerprint density at radius 3 is 1.88 bits per heavy atom. The highest BCUT2D eigenvalue weighted by atomic mass is 32.2. The molecule has 0 fully saturated rings. The number of alkyl halides is 3. The van der Waals surface area contributed by atoms with Gasteiger partial charge in [-0.2, -0.15) is 13.2 Å². The van der Waals surface area contributed by atoms with Crippen molar-refractivity contribution in [3.63, 3.8) is 0 Å². The lowest BCUT2D eigenvalue weighted by atomic mass is 10.3. The summed E-state index contributed by atoms with van der Waals surface area (Å²) in [6, 6.07) is 5.30. The maximum atomic E-state index is 12.0. The minimum absolute atomic E-state index is 0.0528. The molecule has 0 unspecified atom stereocenters. The van der Waals surface area contributed by atoms with Crippen LogP contribution >= 0.6 is 0 Å². The van der Waals surface area contributed by atoms with Crippen molar-refractivity contribution in [3.05, 3.63) is 34.7 Å². The summed E-state index contributed by atoms with van der Waals surface area (Å²) in [5, 5.41) is 0.706. The number of halogens is 3. The molecule has 0 spiro atoms. The van der Waals surface area contributed by atoms with Crippen molar-refractivity contribution in [2.45, 2.75) is 5.51 Å². The van der Waals surface area contributed by atoms with Crippen LogP contribution in [-0.2, 0) is 9.84 Å². The number of benzene rings is 1. The van der Waals surface area contributed by atoms with Crippen molar-refractivity contribution in [2.75, 3.05) is 0 Å². The third-order valence-electron chi connectivity index (χ3n) is 1.74. The van der Waals surface area contributed by atoms with E-state index in [4.69, 9.17) is 5.73 Å². The molecular weight excluding hydrogens is 243 g/mol. The third-order valence-corrected chi connectivity index (χ3v) is 2.97. The Hall–Kier alpha value is -1.50. The quantitative estimate of drug-likeness (QED) is 0.767. The predicted molar refractivity (Wildman–Crippen MR) is 53.8 cm³/mol. The van der Waals surface area contributed by atoms with E-state index in [0.717, 1.165) is 0 Å². The van der Waals surface area contributed by atoms with Gasteiger partial charge in [-0.1, -0.05) is 24.3 Å². The fraction of sp³-hybridized carbons (Fsp3) is 0.111. The second kappa shape index (κ2) is 4.17. The average molecular weight is 251 g/mol. The number of sulfone groups is 1. The van der Waals surface area contributed by atoms with Crippen LogP contribution in [0.1, 0.15) is 0 Å². The summed E-state index contributed by atoms with van der Waals surface area (Å²) in [6.07, 6.45) is 1.25. The first-order valence-corrected chi connectivity index (χ1v) is 5.62. The van der Waals surface area contributed by atoms with Gasteiger partial charge in [0.1, 0.15) is 0 Å². The summed E-state index contributed by atoms with van der Waals surface area (Å²) in [6.45, 7) is 0. The summed E-state index contributed by atoms with van der Waals surface area (Å²) < 4.78 is 57.6. The normalized spacial score (nSPS) is 12.2. The molecule has 0 saturated carbocycles. The van der Waals surface area contributed by atoms with Gasteiger partial charge in [0.15, 0.2) is 0 Å². The molecule has 0 aliphatic heterocycles. The fourth-order valence-electron chi connectivity index (χ4n) is 0.932. The lowest BCUT2D eigenvalue weighted by Crippen LogP contribution is -2.23. The van der Waals surface area contributed by atoms with E-state index in [1.165, 1.54) is 30.5 Å². The van der Waals surface area contributed by atoms with E-state index >= 15 is 0 Å². The lowest BCUT2D eigenvalue weighted by Gasteiger charge is -2.02. The Labute approximate surface area is 89.6 Å². The molecule has 1 rings (SSSR count). The van der Waals surface area contributed by atoms with Gasteiger partial charge in [0.25, 0.3) is 9.84 Å². The zero-order valence-corrected chi connectivity index (χ0v) is 8.72. The molecule has 0 amide bonds. The minimum atomic E-state index is -5.27. The molecule has 7 heteroatoms. The molecular formula is C9H8F3NO2S. The SMILES string of the molecule is NC=c1ccc(=CS(=O)(=O)C(F)(F)F)cc1. The van der Waals surface area contributed by atoms with Crippen LogP contribution in [0.4, 0.5) is 13.2 Å². The Bertz CT molecular complexity index is 567. The van der Waals surface area contributed by atoms with Gasteiger partial charge < -0.3 is 5.73 Å². The van der Waals surface area contributed by atoms with Crippen LogP contribution in [0.2, 0.25) is 0 Å². The summed E-state index contributed by atoms with van der Waals surface area (Å²) in [7, 11) is -5.24. The highest BCUT2D eigenvalue weighted by Crippen LogP contribution is 2.24. The van der Waals surface area contributed by atoms with Gasteiger partial charge in [0.05, 0.1) is 0 Å². The molecule has 0 atom stereocenters. The van der Waals surface area contributed by atoms with E-state index in [-0.39, 0.29) is 10.6 Å². The summed E-state index contributed by atoms with van der Waals surface area (Å²) >= 11 is 0. The molecule has 88 valence electrons. The van der Waals surface area contributed by atoms with Crippen LogP contribution in [-0.4, -0.2) is 13.9 Å². The van der Waals surface area contributed by atoms with Gasteiger partial charge in [-0.25, -0.2) is 8.42 Å². The largest absolute Gasteiger partial charge is 0.501 e. The smallest absolute Gasteiger partial charge is 0.404 e. The van der Waals surface area contributed by atoms with Crippen molar-refractivity contribution < 1.29 is 21.6 Å². The van der Waals surface area contributed by atoms with Crippen molar-refractivity contribution in [1.29, 1.82) is 0 Å². The molecule has 0 aromatic heterocycles. The van der Waals surface area contributed by atoms with Crippen molar-refractivity contribution in [3.8, 4) is 0 Å². The Balaban J connectivity index is 3.30. The molecule has 0 heterocycles. The van der Waals surface area contributed by atoms with E-state index < -0.39 is 15.3 Å². The van der Waals surface area contributed by atoms with Gasteiger partial charge in [-0.3, -0.25) is 0 Å². The van der Waals surface area contributed by atoms with E-state index in [1.54, 1.807) is 0 Å². The van der Waals surface area contributed by atoms with E-state index in [0.29, 0.717) is 5.22 Å². The lowest BCUT2D eigenvalue weighted by molar-refractivity contribution is -0.0418. The van der Waals surface area contributed by atoms with Crippen LogP contribution in [0.3, 0.4) is 0 Å². The second-order valence-electron chi connectivity index (χ2n) is 2.94. The van der Waals surface area contributed by atoms with Crippen LogP contribution < -0.4 is 16.2 Å². The summed E-state index contributed by atoms with van der Waals surface area (Å²) in [4.78, 5) is 0. The monoisotopic (exact) mass is 251 g/mol. The molecule has 0 bridgehead atoms. The Morgan fingerprint density at radius 2 is 1.50 bits per heavy atom. The first-order valence-electron chi connectivity index (χ1n) is 4.07. The van der Waals surface area contributed by atoms with Crippen molar-refractivity contribution >= 4 is 21.4 Å². The minimum Gasteiger partial charge on any atom is -0.404 e. The molecule has 2 N–H and O–H groups in total.